The Bertz CT molecular complexity index is 1020. The van der Waals surface area contributed by atoms with Crippen molar-refractivity contribution in [3.8, 4) is 5.69 Å². The van der Waals surface area contributed by atoms with E-state index in [0.717, 1.165) is 37.3 Å². The van der Waals surface area contributed by atoms with Crippen LogP contribution < -0.4 is 0 Å². The Morgan fingerprint density at radius 1 is 1.15 bits per heavy atom. The molecule has 26 heavy (non-hydrogen) atoms. The molecule has 0 saturated heterocycles. The summed E-state index contributed by atoms with van der Waals surface area (Å²) in [6, 6.07) is 17.8. The minimum absolute atomic E-state index is 0.601. The number of fused-ring (bicyclic) bond motifs is 1. The van der Waals surface area contributed by atoms with E-state index in [-0.39, 0.29) is 0 Å². The van der Waals surface area contributed by atoms with Gasteiger partial charge in [0.1, 0.15) is 0 Å². The summed E-state index contributed by atoms with van der Waals surface area (Å²) in [6.07, 6.45) is 4.52. The Morgan fingerprint density at radius 2 is 1.96 bits per heavy atom. The van der Waals surface area contributed by atoms with Crippen molar-refractivity contribution in [2.45, 2.75) is 24.4 Å². The second-order valence-corrected chi connectivity index (χ2v) is 8.99. The summed E-state index contributed by atoms with van der Waals surface area (Å²) in [5, 5.41) is 4.74. The molecule has 0 aliphatic carbocycles. The summed E-state index contributed by atoms with van der Waals surface area (Å²) in [5.41, 5.74) is 4.61. The Labute approximate surface area is 154 Å². The predicted octanol–water partition coefficient (Wildman–Crippen LogP) is 3.47. The van der Waals surface area contributed by atoms with Crippen molar-refractivity contribution in [3.05, 3.63) is 77.6 Å². The van der Waals surface area contributed by atoms with Crippen LogP contribution in [0.4, 0.5) is 0 Å². The van der Waals surface area contributed by atoms with Crippen molar-refractivity contribution in [2.24, 2.45) is 0 Å². The number of hydrogen-bond donors (Lipinski definition) is 1. The first-order valence-corrected chi connectivity index (χ1v) is 10.6. The molecule has 2 aromatic carbocycles. The number of nitrogens with zero attached hydrogens (tertiary/aromatic N) is 3. The molecule has 0 saturated carbocycles. The molecule has 0 amide bonds. The third-order valence-corrected chi connectivity index (χ3v) is 5.86. The quantitative estimate of drug-likeness (QED) is 0.769. The normalized spacial score (nSPS) is 16.8. The first-order chi connectivity index (χ1) is 12.5. The molecule has 1 aliphatic heterocycles. The number of aromatic nitrogens is 2. The van der Waals surface area contributed by atoms with Gasteiger partial charge >= 0.3 is 0 Å². The molecule has 2 heterocycles. The van der Waals surface area contributed by atoms with Gasteiger partial charge in [-0.3, -0.25) is 4.90 Å². The highest BCUT2D eigenvalue weighted by atomic mass is 32.2. The summed E-state index contributed by atoms with van der Waals surface area (Å²) < 4.78 is 21.7. The van der Waals surface area contributed by atoms with Crippen LogP contribution in [0.3, 0.4) is 0 Å². The van der Waals surface area contributed by atoms with Crippen molar-refractivity contribution in [1.82, 2.24) is 14.7 Å². The molecule has 0 spiro atoms. The maximum absolute atomic E-state index is 12.0. The highest BCUT2D eigenvalue weighted by Crippen LogP contribution is 2.22. The van der Waals surface area contributed by atoms with E-state index in [1.54, 1.807) is 6.07 Å². The van der Waals surface area contributed by atoms with Crippen molar-refractivity contribution in [1.29, 1.82) is 4.78 Å². The van der Waals surface area contributed by atoms with Gasteiger partial charge in [-0.25, -0.2) is 13.7 Å². The van der Waals surface area contributed by atoms with Gasteiger partial charge in [0.05, 0.1) is 21.1 Å². The number of para-hydroxylation sites is 1. The van der Waals surface area contributed by atoms with Crippen molar-refractivity contribution < 1.29 is 4.21 Å². The Morgan fingerprint density at radius 3 is 2.73 bits per heavy atom. The zero-order valence-electron chi connectivity index (χ0n) is 14.8. The van der Waals surface area contributed by atoms with Crippen LogP contribution in [0.25, 0.3) is 5.69 Å². The zero-order valence-corrected chi connectivity index (χ0v) is 15.6. The van der Waals surface area contributed by atoms with Gasteiger partial charge in [0, 0.05) is 49.0 Å². The standard InChI is InChI=1S/C20H22N4OS/c1-26(21,25)19-9-5-6-16(12-19)13-23-11-10-20-17(14-23)15-24(22-20)18-7-3-2-4-8-18/h2-9,12,15,21H,10-11,13-14H2,1H3. The first kappa shape index (κ1) is 17.0. The molecule has 0 radical (unpaired) electrons. The van der Waals surface area contributed by atoms with Crippen LogP contribution in [-0.2, 0) is 29.2 Å². The molecule has 1 unspecified atom stereocenters. The predicted molar refractivity (Wildman–Crippen MR) is 103 cm³/mol. The minimum Gasteiger partial charge on any atom is -0.294 e. The third kappa shape index (κ3) is 3.57. The van der Waals surface area contributed by atoms with Gasteiger partial charge in [-0.05, 0) is 29.8 Å². The van der Waals surface area contributed by atoms with Gasteiger partial charge < -0.3 is 0 Å². The molecule has 5 nitrogen and oxygen atoms in total. The maximum atomic E-state index is 12.0. The second kappa shape index (κ2) is 6.70. The van der Waals surface area contributed by atoms with Crippen molar-refractivity contribution in [3.63, 3.8) is 0 Å². The Hall–Kier alpha value is -2.44. The molecule has 4 rings (SSSR count). The zero-order chi connectivity index (χ0) is 18.1. The fraction of sp³-hybridized carbons (Fsp3) is 0.250. The Balaban J connectivity index is 1.52. The molecule has 0 bridgehead atoms. The average molecular weight is 366 g/mol. The summed E-state index contributed by atoms with van der Waals surface area (Å²) >= 11 is 0. The molecule has 1 atom stereocenters. The molecule has 0 fully saturated rings. The lowest BCUT2D eigenvalue weighted by Crippen LogP contribution is -2.29. The summed E-state index contributed by atoms with van der Waals surface area (Å²) in [6.45, 7) is 2.60. The largest absolute Gasteiger partial charge is 0.294 e. The SMILES string of the molecule is CS(=N)(=O)c1cccc(CN2CCc3nn(-c4ccccc4)cc3C2)c1. The fourth-order valence-corrected chi connectivity index (χ4v) is 4.08. The van der Waals surface area contributed by atoms with Crippen molar-refractivity contribution in [2.75, 3.05) is 12.8 Å². The number of benzene rings is 2. The van der Waals surface area contributed by atoms with Crippen LogP contribution in [0.5, 0.6) is 0 Å². The van der Waals surface area contributed by atoms with Crippen molar-refractivity contribution >= 4 is 9.73 Å². The van der Waals surface area contributed by atoms with Crippen LogP contribution in [0.2, 0.25) is 0 Å². The average Bonchev–Trinajstić information content (AvgIpc) is 3.05. The number of nitrogens with one attached hydrogen (secondary N) is 1. The molecule has 134 valence electrons. The summed E-state index contributed by atoms with van der Waals surface area (Å²) in [4.78, 5) is 2.98. The lowest BCUT2D eigenvalue weighted by molar-refractivity contribution is 0.244. The van der Waals surface area contributed by atoms with Gasteiger partial charge in [0.15, 0.2) is 0 Å². The highest BCUT2D eigenvalue weighted by Gasteiger charge is 2.20. The van der Waals surface area contributed by atoms with E-state index in [9.17, 15) is 4.21 Å². The maximum Gasteiger partial charge on any atom is 0.0696 e. The Kier molecular flexibility index (Phi) is 4.38. The van der Waals surface area contributed by atoms with Gasteiger partial charge in [-0.15, -0.1) is 0 Å². The first-order valence-electron chi connectivity index (χ1n) is 8.67. The minimum atomic E-state index is -2.67. The van der Waals surface area contributed by atoms with Gasteiger partial charge in [-0.2, -0.15) is 5.10 Å². The van der Waals surface area contributed by atoms with E-state index in [1.807, 2.05) is 41.1 Å². The number of hydrogen-bond acceptors (Lipinski definition) is 4. The molecule has 6 heteroatoms. The van der Waals surface area contributed by atoms with E-state index in [0.29, 0.717) is 4.90 Å². The topological polar surface area (TPSA) is 62.0 Å². The molecule has 1 aliphatic rings. The molecular formula is C20H22N4OS. The van der Waals surface area contributed by atoms with Crippen LogP contribution in [0.15, 0.2) is 65.7 Å². The van der Waals surface area contributed by atoms with E-state index in [4.69, 9.17) is 9.88 Å². The van der Waals surface area contributed by atoms with Crippen LogP contribution in [0, 0.1) is 4.78 Å². The van der Waals surface area contributed by atoms with Crippen LogP contribution in [0.1, 0.15) is 16.8 Å². The lowest BCUT2D eigenvalue weighted by atomic mass is 10.1. The van der Waals surface area contributed by atoms with Crippen LogP contribution >= 0.6 is 0 Å². The molecule has 3 aromatic rings. The van der Waals surface area contributed by atoms with E-state index < -0.39 is 9.73 Å². The van der Waals surface area contributed by atoms with Gasteiger partial charge in [-0.1, -0.05) is 30.3 Å². The van der Waals surface area contributed by atoms with E-state index in [1.165, 1.54) is 17.5 Å². The van der Waals surface area contributed by atoms with E-state index in [2.05, 4.69) is 23.2 Å². The smallest absolute Gasteiger partial charge is 0.0696 e. The highest BCUT2D eigenvalue weighted by molar-refractivity contribution is 7.91. The van der Waals surface area contributed by atoms with Gasteiger partial charge in [0.25, 0.3) is 0 Å². The third-order valence-electron chi connectivity index (χ3n) is 4.71. The summed E-state index contributed by atoms with van der Waals surface area (Å²) in [7, 11) is -2.67. The van der Waals surface area contributed by atoms with Crippen LogP contribution in [-0.4, -0.2) is 31.7 Å². The number of rotatable bonds is 4. The molecule has 1 N–H and O–H groups in total. The fourth-order valence-electron chi connectivity index (χ4n) is 3.36. The molecule has 1 aromatic heterocycles. The van der Waals surface area contributed by atoms with E-state index >= 15 is 0 Å². The molecular weight excluding hydrogens is 344 g/mol. The summed E-state index contributed by atoms with van der Waals surface area (Å²) in [5.74, 6) is 0. The van der Waals surface area contributed by atoms with Gasteiger partial charge in [0.2, 0.25) is 0 Å². The monoisotopic (exact) mass is 366 g/mol. The lowest BCUT2D eigenvalue weighted by Gasteiger charge is -2.26. The second-order valence-electron chi connectivity index (χ2n) is 6.83.